The number of carbonyl (C=O) groups is 1. The summed E-state index contributed by atoms with van der Waals surface area (Å²) in [6, 6.07) is 21.8. The van der Waals surface area contributed by atoms with Crippen molar-refractivity contribution in [2.24, 2.45) is 0 Å². The van der Waals surface area contributed by atoms with Gasteiger partial charge >= 0.3 is 0 Å². The van der Waals surface area contributed by atoms with Crippen molar-refractivity contribution in [1.29, 1.82) is 0 Å². The minimum absolute atomic E-state index is 0.0508. The first-order valence-electron chi connectivity index (χ1n) is 9.29. The molecule has 0 aliphatic heterocycles. The fourth-order valence-corrected chi connectivity index (χ4v) is 3.24. The van der Waals surface area contributed by atoms with Crippen LogP contribution in [0.25, 0.3) is 11.4 Å². The third-order valence-corrected chi connectivity index (χ3v) is 4.76. The van der Waals surface area contributed by atoms with E-state index in [9.17, 15) is 9.18 Å². The predicted molar refractivity (Wildman–Crippen MR) is 111 cm³/mol. The molecular formula is C23H17ClFN3O2. The van der Waals surface area contributed by atoms with Gasteiger partial charge in [0.25, 0.3) is 5.91 Å². The van der Waals surface area contributed by atoms with Gasteiger partial charge in [-0.15, -0.1) is 0 Å². The second-order valence-electron chi connectivity index (χ2n) is 6.66. The van der Waals surface area contributed by atoms with Crippen LogP contribution in [0.15, 0.2) is 83.4 Å². The molecule has 0 saturated carbocycles. The van der Waals surface area contributed by atoms with E-state index in [2.05, 4.69) is 15.5 Å². The summed E-state index contributed by atoms with van der Waals surface area (Å²) in [6.07, 6.45) is 0.401. The number of rotatable bonds is 6. The topological polar surface area (TPSA) is 68.0 Å². The molecule has 0 aliphatic carbocycles. The first-order valence-corrected chi connectivity index (χ1v) is 9.67. The fourth-order valence-electron chi connectivity index (χ4n) is 3.05. The van der Waals surface area contributed by atoms with E-state index in [4.69, 9.17) is 16.1 Å². The van der Waals surface area contributed by atoms with Gasteiger partial charge in [-0.1, -0.05) is 71.4 Å². The minimum Gasteiger partial charge on any atom is -0.340 e. The van der Waals surface area contributed by atoms with E-state index in [0.717, 1.165) is 5.56 Å². The van der Waals surface area contributed by atoms with Crippen LogP contribution < -0.4 is 5.32 Å². The molecule has 0 fully saturated rings. The van der Waals surface area contributed by atoms with E-state index >= 15 is 0 Å². The van der Waals surface area contributed by atoms with Gasteiger partial charge < -0.3 is 9.84 Å². The van der Waals surface area contributed by atoms with Gasteiger partial charge in [0.15, 0.2) is 0 Å². The summed E-state index contributed by atoms with van der Waals surface area (Å²) >= 11 is 6.04. The highest BCUT2D eigenvalue weighted by atomic mass is 35.5. The number of aromatic nitrogens is 2. The molecule has 1 heterocycles. The second-order valence-corrected chi connectivity index (χ2v) is 7.10. The van der Waals surface area contributed by atoms with Crippen LogP contribution in [0.4, 0.5) is 4.39 Å². The minimum atomic E-state index is -0.639. The maximum Gasteiger partial charge on any atom is 0.254 e. The summed E-state index contributed by atoms with van der Waals surface area (Å²) in [5, 5.41) is 7.38. The molecule has 0 radical (unpaired) electrons. The van der Waals surface area contributed by atoms with Crippen molar-refractivity contribution in [3.05, 3.63) is 107 Å². The van der Waals surface area contributed by atoms with Gasteiger partial charge in [0.05, 0.1) is 5.56 Å². The number of hydrogen-bond donors (Lipinski definition) is 1. The summed E-state index contributed by atoms with van der Waals surface area (Å²) in [5.41, 5.74) is 1.60. The van der Waals surface area contributed by atoms with E-state index in [1.807, 2.05) is 36.4 Å². The monoisotopic (exact) mass is 421 g/mol. The third kappa shape index (κ3) is 4.55. The molecule has 1 atom stereocenters. The zero-order valence-corrected chi connectivity index (χ0v) is 16.5. The third-order valence-electron chi connectivity index (χ3n) is 4.53. The van der Waals surface area contributed by atoms with Gasteiger partial charge in [0, 0.05) is 17.0 Å². The molecule has 0 saturated heterocycles. The Hall–Kier alpha value is -3.51. The van der Waals surface area contributed by atoms with Crippen molar-refractivity contribution in [2.75, 3.05) is 0 Å². The quantitative estimate of drug-likeness (QED) is 0.462. The van der Waals surface area contributed by atoms with E-state index in [1.54, 1.807) is 24.3 Å². The molecule has 1 aromatic heterocycles. The number of benzene rings is 3. The Morgan fingerprint density at radius 2 is 1.80 bits per heavy atom. The lowest BCUT2D eigenvalue weighted by Crippen LogP contribution is -2.30. The summed E-state index contributed by atoms with van der Waals surface area (Å²) in [5.74, 6) is -0.584. The van der Waals surface area contributed by atoms with Gasteiger partial charge in [0.2, 0.25) is 11.7 Å². The average molecular weight is 422 g/mol. The predicted octanol–water partition coefficient (Wildman–Crippen LogP) is 5.24. The molecule has 1 N–H and O–H groups in total. The second kappa shape index (κ2) is 8.88. The lowest BCUT2D eigenvalue weighted by Gasteiger charge is -2.15. The van der Waals surface area contributed by atoms with Crippen LogP contribution in [0, 0.1) is 5.82 Å². The Labute approximate surface area is 177 Å². The van der Waals surface area contributed by atoms with Crippen molar-refractivity contribution >= 4 is 17.5 Å². The first-order chi connectivity index (χ1) is 14.6. The van der Waals surface area contributed by atoms with Gasteiger partial charge in [-0.05, 0) is 29.8 Å². The zero-order valence-electron chi connectivity index (χ0n) is 15.8. The Kier molecular flexibility index (Phi) is 5.86. The van der Waals surface area contributed by atoms with E-state index < -0.39 is 17.8 Å². The molecule has 7 heteroatoms. The number of nitrogens with zero attached hydrogens (tertiary/aromatic N) is 2. The largest absolute Gasteiger partial charge is 0.340 e. The lowest BCUT2D eigenvalue weighted by atomic mass is 10.0. The summed E-state index contributed by atoms with van der Waals surface area (Å²) in [7, 11) is 0. The maximum atomic E-state index is 14.1. The van der Waals surface area contributed by atoms with Gasteiger partial charge in [0.1, 0.15) is 11.9 Å². The molecule has 4 aromatic rings. The van der Waals surface area contributed by atoms with Crippen molar-refractivity contribution in [2.45, 2.75) is 12.5 Å². The molecule has 30 heavy (non-hydrogen) atoms. The molecule has 0 spiro atoms. The van der Waals surface area contributed by atoms with Crippen molar-refractivity contribution in [3.8, 4) is 11.4 Å². The zero-order chi connectivity index (χ0) is 20.9. The number of amides is 1. The Bertz CT molecular complexity index is 1160. The SMILES string of the molecule is O=C(N[C@@H](Cc1ccccc1)c1nc(-c2cccc(Cl)c2)no1)c1ccccc1F. The Morgan fingerprint density at radius 1 is 1.03 bits per heavy atom. The summed E-state index contributed by atoms with van der Waals surface area (Å²) in [4.78, 5) is 17.1. The molecular weight excluding hydrogens is 405 g/mol. The molecule has 3 aromatic carbocycles. The Balaban J connectivity index is 1.64. The van der Waals surface area contributed by atoms with E-state index in [1.165, 1.54) is 18.2 Å². The number of halogens is 2. The highest BCUT2D eigenvalue weighted by Gasteiger charge is 2.24. The summed E-state index contributed by atoms with van der Waals surface area (Å²) in [6.45, 7) is 0. The van der Waals surface area contributed by atoms with E-state index in [-0.39, 0.29) is 11.5 Å². The smallest absolute Gasteiger partial charge is 0.254 e. The van der Waals surface area contributed by atoms with Crippen LogP contribution in [0.1, 0.15) is 27.9 Å². The standard InChI is InChI=1S/C23H17ClFN3O2/c24-17-10-6-9-16(14-17)21-27-23(30-28-21)20(13-15-7-2-1-3-8-15)26-22(29)18-11-4-5-12-19(18)25/h1-12,14,20H,13H2,(H,26,29)/t20-/m0/s1. The van der Waals surface area contributed by atoms with Crippen LogP contribution >= 0.6 is 11.6 Å². The summed E-state index contributed by atoms with van der Waals surface area (Å²) < 4.78 is 19.5. The number of hydrogen-bond acceptors (Lipinski definition) is 4. The van der Waals surface area contributed by atoms with Crippen molar-refractivity contribution in [1.82, 2.24) is 15.5 Å². The molecule has 4 rings (SSSR count). The van der Waals surface area contributed by atoms with Crippen LogP contribution in [-0.4, -0.2) is 16.0 Å². The lowest BCUT2D eigenvalue weighted by molar-refractivity contribution is 0.0924. The van der Waals surface area contributed by atoms with Crippen LogP contribution in [0.2, 0.25) is 5.02 Å². The van der Waals surface area contributed by atoms with Gasteiger partial charge in [-0.2, -0.15) is 4.98 Å². The highest BCUT2D eigenvalue weighted by Crippen LogP contribution is 2.24. The van der Waals surface area contributed by atoms with Crippen LogP contribution in [0.5, 0.6) is 0 Å². The molecule has 0 unspecified atom stereocenters. The molecule has 5 nitrogen and oxygen atoms in total. The van der Waals surface area contributed by atoms with Crippen LogP contribution in [0.3, 0.4) is 0 Å². The van der Waals surface area contributed by atoms with Gasteiger partial charge in [-0.25, -0.2) is 4.39 Å². The van der Waals surface area contributed by atoms with Crippen molar-refractivity contribution in [3.63, 3.8) is 0 Å². The number of nitrogens with one attached hydrogen (secondary N) is 1. The maximum absolute atomic E-state index is 14.1. The van der Waals surface area contributed by atoms with Gasteiger partial charge in [-0.3, -0.25) is 4.79 Å². The first kappa shape index (κ1) is 19.8. The fraction of sp³-hybridized carbons (Fsp3) is 0.0870. The normalized spacial score (nSPS) is 11.8. The average Bonchev–Trinajstić information content (AvgIpc) is 3.25. The Morgan fingerprint density at radius 3 is 2.57 bits per heavy atom. The number of carbonyl (C=O) groups excluding carboxylic acids is 1. The highest BCUT2D eigenvalue weighted by molar-refractivity contribution is 6.30. The van der Waals surface area contributed by atoms with Crippen LogP contribution in [-0.2, 0) is 6.42 Å². The molecule has 1 amide bonds. The molecule has 150 valence electrons. The van der Waals surface area contributed by atoms with E-state index in [0.29, 0.717) is 22.8 Å². The molecule has 0 bridgehead atoms. The van der Waals surface area contributed by atoms with Crippen molar-refractivity contribution < 1.29 is 13.7 Å². The molecule has 0 aliphatic rings.